The molecule has 0 spiro atoms. The zero-order valence-corrected chi connectivity index (χ0v) is 7.63. The zero-order chi connectivity index (χ0) is 8.81. The molecule has 0 aliphatic heterocycles. The molecule has 2 nitrogen and oxygen atoms in total. The Morgan fingerprint density at radius 3 is 2.83 bits per heavy atom. The summed E-state index contributed by atoms with van der Waals surface area (Å²) in [5, 5.41) is 12.9. The highest BCUT2D eigenvalue weighted by atomic mass is 16.3. The van der Waals surface area contributed by atoms with Crippen LogP contribution in [0.1, 0.15) is 32.1 Å². The standard InChI is InChI=1S/C10H19NO/c1-2-3-8-11-9-6-4-5-7-10(9)12/h2,9-12H,1,3-8H2/t9-,10-/m0/s1. The summed E-state index contributed by atoms with van der Waals surface area (Å²) in [6, 6.07) is 0.332. The molecule has 0 radical (unpaired) electrons. The number of rotatable bonds is 4. The highest BCUT2D eigenvalue weighted by Crippen LogP contribution is 2.17. The first-order valence-corrected chi connectivity index (χ1v) is 4.87. The van der Waals surface area contributed by atoms with Gasteiger partial charge < -0.3 is 10.4 Å². The predicted octanol–water partition coefficient (Wildman–Crippen LogP) is 1.46. The SMILES string of the molecule is C=CCCN[C@H]1CCCC[C@@H]1O. The summed E-state index contributed by atoms with van der Waals surface area (Å²) < 4.78 is 0. The minimum Gasteiger partial charge on any atom is -0.392 e. The van der Waals surface area contributed by atoms with Crippen molar-refractivity contribution in [3.05, 3.63) is 12.7 Å². The average Bonchev–Trinajstić information content (AvgIpc) is 2.09. The fourth-order valence-electron chi connectivity index (χ4n) is 1.72. The van der Waals surface area contributed by atoms with Gasteiger partial charge in [0.25, 0.3) is 0 Å². The lowest BCUT2D eigenvalue weighted by atomic mass is 9.92. The van der Waals surface area contributed by atoms with E-state index < -0.39 is 0 Å². The molecule has 1 aliphatic rings. The van der Waals surface area contributed by atoms with E-state index in [4.69, 9.17) is 0 Å². The van der Waals surface area contributed by atoms with Gasteiger partial charge in [0.15, 0.2) is 0 Å². The summed E-state index contributed by atoms with van der Waals surface area (Å²) in [5.74, 6) is 0. The molecule has 0 aromatic heterocycles. The summed E-state index contributed by atoms with van der Waals surface area (Å²) in [5.41, 5.74) is 0. The van der Waals surface area contributed by atoms with E-state index in [1.807, 2.05) is 6.08 Å². The van der Waals surface area contributed by atoms with Crippen LogP contribution in [0.3, 0.4) is 0 Å². The molecule has 0 bridgehead atoms. The van der Waals surface area contributed by atoms with Crippen molar-refractivity contribution in [2.75, 3.05) is 6.54 Å². The second kappa shape index (κ2) is 5.33. The number of aliphatic hydroxyl groups is 1. The molecule has 1 fully saturated rings. The number of hydrogen-bond donors (Lipinski definition) is 2. The molecule has 0 aromatic rings. The van der Waals surface area contributed by atoms with Crippen molar-refractivity contribution in [3.8, 4) is 0 Å². The predicted molar refractivity (Wildman–Crippen MR) is 51.1 cm³/mol. The lowest BCUT2D eigenvalue weighted by Crippen LogP contribution is -2.42. The molecule has 0 unspecified atom stereocenters. The van der Waals surface area contributed by atoms with Crippen LogP contribution < -0.4 is 5.32 Å². The van der Waals surface area contributed by atoms with E-state index in [1.54, 1.807) is 0 Å². The summed E-state index contributed by atoms with van der Waals surface area (Å²) in [6.07, 6.45) is 7.29. The topological polar surface area (TPSA) is 32.3 Å². The molecule has 0 heterocycles. The van der Waals surface area contributed by atoms with Crippen molar-refractivity contribution >= 4 is 0 Å². The Balaban J connectivity index is 2.15. The van der Waals surface area contributed by atoms with E-state index in [1.165, 1.54) is 12.8 Å². The molecule has 70 valence electrons. The third kappa shape index (κ3) is 2.95. The van der Waals surface area contributed by atoms with Gasteiger partial charge >= 0.3 is 0 Å². The van der Waals surface area contributed by atoms with Gasteiger partial charge in [-0.15, -0.1) is 6.58 Å². The van der Waals surface area contributed by atoms with Crippen molar-refractivity contribution in [1.82, 2.24) is 5.32 Å². The normalized spacial score (nSPS) is 30.1. The second-order valence-electron chi connectivity index (χ2n) is 3.49. The van der Waals surface area contributed by atoms with Gasteiger partial charge in [-0.2, -0.15) is 0 Å². The fourth-order valence-corrected chi connectivity index (χ4v) is 1.72. The minimum atomic E-state index is -0.122. The van der Waals surface area contributed by atoms with Crippen LogP contribution in [-0.2, 0) is 0 Å². The molecule has 2 atom stereocenters. The van der Waals surface area contributed by atoms with E-state index in [9.17, 15) is 5.11 Å². The highest BCUT2D eigenvalue weighted by molar-refractivity contribution is 4.81. The fraction of sp³-hybridized carbons (Fsp3) is 0.800. The first kappa shape index (κ1) is 9.75. The maximum absolute atomic E-state index is 9.58. The van der Waals surface area contributed by atoms with Crippen LogP contribution in [-0.4, -0.2) is 23.8 Å². The lowest BCUT2D eigenvalue weighted by molar-refractivity contribution is 0.0915. The van der Waals surface area contributed by atoms with Crippen LogP contribution in [0.5, 0.6) is 0 Å². The van der Waals surface area contributed by atoms with E-state index in [2.05, 4.69) is 11.9 Å². The van der Waals surface area contributed by atoms with Crippen molar-refractivity contribution in [2.24, 2.45) is 0 Å². The van der Waals surface area contributed by atoms with Gasteiger partial charge in [0.1, 0.15) is 0 Å². The Bertz CT molecular complexity index is 136. The molecule has 1 rings (SSSR count). The van der Waals surface area contributed by atoms with Crippen LogP contribution in [0.2, 0.25) is 0 Å². The lowest BCUT2D eigenvalue weighted by Gasteiger charge is -2.28. The Morgan fingerprint density at radius 2 is 2.17 bits per heavy atom. The van der Waals surface area contributed by atoms with Gasteiger partial charge in [0.05, 0.1) is 6.10 Å². The highest BCUT2D eigenvalue weighted by Gasteiger charge is 2.21. The van der Waals surface area contributed by atoms with Crippen molar-refractivity contribution < 1.29 is 5.11 Å². The van der Waals surface area contributed by atoms with E-state index >= 15 is 0 Å². The van der Waals surface area contributed by atoms with Gasteiger partial charge in [0.2, 0.25) is 0 Å². The van der Waals surface area contributed by atoms with Gasteiger partial charge in [-0.3, -0.25) is 0 Å². The maximum atomic E-state index is 9.58. The molecule has 1 saturated carbocycles. The van der Waals surface area contributed by atoms with E-state index in [-0.39, 0.29) is 6.10 Å². The molecule has 2 N–H and O–H groups in total. The Labute approximate surface area is 74.7 Å². The number of aliphatic hydroxyl groups excluding tert-OH is 1. The Morgan fingerprint density at radius 1 is 1.42 bits per heavy atom. The summed E-state index contributed by atoms with van der Waals surface area (Å²) in [6.45, 7) is 4.61. The van der Waals surface area contributed by atoms with E-state index in [0.717, 1.165) is 25.8 Å². The Hall–Kier alpha value is -0.340. The molecule has 0 aromatic carbocycles. The van der Waals surface area contributed by atoms with Gasteiger partial charge in [-0.05, 0) is 25.8 Å². The number of nitrogens with one attached hydrogen (secondary N) is 1. The first-order chi connectivity index (χ1) is 5.84. The quantitative estimate of drug-likeness (QED) is 0.493. The summed E-state index contributed by atoms with van der Waals surface area (Å²) >= 11 is 0. The van der Waals surface area contributed by atoms with Crippen molar-refractivity contribution in [3.63, 3.8) is 0 Å². The summed E-state index contributed by atoms with van der Waals surface area (Å²) in [7, 11) is 0. The number of hydrogen-bond acceptors (Lipinski definition) is 2. The average molecular weight is 169 g/mol. The molecule has 0 saturated heterocycles. The zero-order valence-electron chi connectivity index (χ0n) is 7.63. The van der Waals surface area contributed by atoms with Gasteiger partial charge in [-0.1, -0.05) is 18.9 Å². The monoisotopic (exact) mass is 169 g/mol. The third-order valence-electron chi connectivity index (χ3n) is 2.48. The molecule has 0 amide bonds. The molecular formula is C10H19NO. The largest absolute Gasteiger partial charge is 0.392 e. The molecule has 12 heavy (non-hydrogen) atoms. The van der Waals surface area contributed by atoms with Crippen LogP contribution in [0.25, 0.3) is 0 Å². The van der Waals surface area contributed by atoms with Crippen molar-refractivity contribution in [2.45, 2.75) is 44.2 Å². The van der Waals surface area contributed by atoms with Crippen LogP contribution in [0.15, 0.2) is 12.7 Å². The Kier molecular flexibility index (Phi) is 4.33. The van der Waals surface area contributed by atoms with Crippen LogP contribution in [0, 0.1) is 0 Å². The van der Waals surface area contributed by atoms with Gasteiger partial charge in [0, 0.05) is 6.04 Å². The third-order valence-corrected chi connectivity index (χ3v) is 2.48. The van der Waals surface area contributed by atoms with E-state index in [0.29, 0.717) is 6.04 Å². The molecular weight excluding hydrogens is 150 g/mol. The van der Waals surface area contributed by atoms with Crippen LogP contribution in [0.4, 0.5) is 0 Å². The van der Waals surface area contributed by atoms with Crippen LogP contribution >= 0.6 is 0 Å². The molecule has 2 heteroatoms. The minimum absolute atomic E-state index is 0.122. The molecule has 1 aliphatic carbocycles. The second-order valence-corrected chi connectivity index (χ2v) is 3.49. The van der Waals surface area contributed by atoms with Crippen molar-refractivity contribution in [1.29, 1.82) is 0 Å². The smallest absolute Gasteiger partial charge is 0.0693 e. The van der Waals surface area contributed by atoms with Gasteiger partial charge in [-0.25, -0.2) is 0 Å². The summed E-state index contributed by atoms with van der Waals surface area (Å²) in [4.78, 5) is 0. The first-order valence-electron chi connectivity index (χ1n) is 4.87. The maximum Gasteiger partial charge on any atom is 0.0693 e.